The van der Waals surface area contributed by atoms with Crippen LogP contribution in [0, 0.1) is 17.0 Å². The second kappa shape index (κ2) is 5.60. The molecule has 0 bridgehead atoms. The van der Waals surface area contributed by atoms with E-state index >= 15 is 0 Å². The number of hydrogen-bond donors (Lipinski definition) is 0. The molecule has 7 heteroatoms. The summed E-state index contributed by atoms with van der Waals surface area (Å²) in [5.74, 6) is 1.51. The number of nitro groups is 1. The number of nitrogens with zero attached hydrogens (tertiary/aromatic N) is 2. The van der Waals surface area contributed by atoms with Gasteiger partial charge in [0, 0.05) is 23.3 Å². The molecule has 3 rings (SSSR count). The highest BCUT2D eigenvalue weighted by atomic mass is 16.6. The minimum atomic E-state index is -0.447. The third-order valence-corrected chi connectivity index (χ3v) is 3.50. The van der Waals surface area contributed by atoms with E-state index in [1.165, 1.54) is 12.1 Å². The number of rotatable bonds is 4. The molecule has 0 atom stereocenters. The van der Waals surface area contributed by atoms with E-state index in [1.807, 2.05) is 0 Å². The van der Waals surface area contributed by atoms with Gasteiger partial charge in [0.05, 0.1) is 19.1 Å². The number of fused-ring (bicyclic) bond motifs is 1. The van der Waals surface area contributed by atoms with Gasteiger partial charge in [0.25, 0.3) is 5.69 Å². The predicted molar refractivity (Wildman–Crippen MR) is 83.9 cm³/mol. The predicted octanol–water partition coefficient (Wildman–Crippen LogP) is 3.73. The van der Waals surface area contributed by atoms with Gasteiger partial charge in [-0.2, -0.15) is 0 Å². The quantitative estimate of drug-likeness (QED) is 0.538. The molecule has 0 saturated heterocycles. The van der Waals surface area contributed by atoms with Gasteiger partial charge in [-0.15, -0.1) is 0 Å². The Morgan fingerprint density at radius 2 is 1.87 bits per heavy atom. The molecule has 23 heavy (non-hydrogen) atoms. The fourth-order valence-electron chi connectivity index (χ4n) is 2.38. The second-order valence-electron chi connectivity index (χ2n) is 4.96. The van der Waals surface area contributed by atoms with Crippen LogP contribution in [0.25, 0.3) is 22.6 Å². The Morgan fingerprint density at radius 1 is 1.13 bits per heavy atom. The molecular formula is C16H14N2O5. The largest absolute Gasteiger partial charge is 0.493 e. The smallest absolute Gasteiger partial charge is 0.272 e. The maximum atomic E-state index is 10.9. The standard InChI is InChI=1S/C16H14N2O5/c1-9-6-11(18(19)20)8-12-15(9)23-16(17-12)10-4-5-13(21-2)14(7-10)22-3/h4-8H,1-3H3. The fraction of sp³-hybridized carbons (Fsp3) is 0.188. The summed E-state index contributed by atoms with van der Waals surface area (Å²) in [6.45, 7) is 1.75. The highest BCUT2D eigenvalue weighted by molar-refractivity contribution is 5.82. The average Bonchev–Trinajstić information content (AvgIpc) is 2.98. The van der Waals surface area contributed by atoms with Crippen molar-refractivity contribution in [2.45, 2.75) is 6.92 Å². The molecular weight excluding hydrogens is 300 g/mol. The van der Waals surface area contributed by atoms with E-state index in [-0.39, 0.29) is 5.69 Å². The first kappa shape index (κ1) is 14.8. The summed E-state index contributed by atoms with van der Waals surface area (Å²) in [7, 11) is 3.10. The first-order valence-electron chi connectivity index (χ1n) is 6.81. The Balaban J connectivity index is 2.14. The van der Waals surface area contributed by atoms with Gasteiger partial charge < -0.3 is 13.9 Å². The lowest BCUT2D eigenvalue weighted by molar-refractivity contribution is -0.384. The molecule has 0 unspecified atom stereocenters. The molecule has 2 aromatic carbocycles. The van der Waals surface area contributed by atoms with Crippen LogP contribution in [0.1, 0.15) is 5.56 Å². The van der Waals surface area contributed by atoms with Crippen LogP contribution in [0.5, 0.6) is 11.5 Å². The molecule has 1 heterocycles. The number of aromatic nitrogens is 1. The van der Waals surface area contributed by atoms with Crippen LogP contribution >= 0.6 is 0 Å². The zero-order chi connectivity index (χ0) is 16.6. The van der Waals surface area contributed by atoms with Crippen molar-refractivity contribution in [1.29, 1.82) is 0 Å². The molecule has 0 N–H and O–H groups in total. The number of oxazole rings is 1. The van der Waals surface area contributed by atoms with Crippen molar-refractivity contribution in [2.75, 3.05) is 14.2 Å². The Bertz CT molecular complexity index is 901. The van der Waals surface area contributed by atoms with E-state index in [0.717, 1.165) is 0 Å². The molecule has 118 valence electrons. The number of aryl methyl sites for hydroxylation is 1. The number of methoxy groups -OCH3 is 2. The van der Waals surface area contributed by atoms with Crippen LogP contribution in [-0.4, -0.2) is 24.1 Å². The van der Waals surface area contributed by atoms with Crippen molar-refractivity contribution in [1.82, 2.24) is 4.98 Å². The van der Waals surface area contributed by atoms with Crippen LogP contribution in [0.15, 0.2) is 34.7 Å². The normalized spacial score (nSPS) is 10.7. The van der Waals surface area contributed by atoms with Gasteiger partial charge in [-0.1, -0.05) is 0 Å². The molecule has 0 aliphatic heterocycles. The van der Waals surface area contributed by atoms with Gasteiger partial charge in [0.15, 0.2) is 17.1 Å². The van der Waals surface area contributed by atoms with Crippen LogP contribution in [0.4, 0.5) is 5.69 Å². The number of nitro benzene ring substituents is 1. The summed E-state index contributed by atoms with van der Waals surface area (Å²) < 4.78 is 16.2. The second-order valence-corrected chi connectivity index (χ2v) is 4.96. The van der Waals surface area contributed by atoms with E-state index < -0.39 is 4.92 Å². The lowest BCUT2D eigenvalue weighted by Gasteiger charge is -2.07. The van der Waals surface area contributed by atoms with Gasteiger partial charge in [-0.25, -0.2) is 4.98 Å². The molecule has 0 saturated carbocycles. The lowest BCUT2D eigenvalue weighted by Crippen LogP contribution is -1.90. The van der Waals surface area contributed by atoms with E-state index in [1.54, 1.807) is 39.3 Å². The monoisotopic (exact) mass is 314 g/mol. The van der Waals surface area contributed by atoms with Crippen molar-refractivity contribution < 1.29 is 18.8 Å². The summed E-state index contributed by atoms with van der Waals surface area (Å²) in [6, 6.07) is 8.14. The van der Waals surface area contributed by atoms with Crippen molar-refractivity contribution >= 4 is 16.8 Å². The fourth-order valence-corrected chi connectivity index (χ4v) is 2.38. The third kappa shape index (κ3) is 2.57. The van der Waals surface area contributed by atoms with Gasteiger partial charge in [-0.3, -0.25) is 10.1 Å². The van der Waals surface area contributed by atoms with Crippen LogP contribution in [0.2, 0.25) is 0 Å². The van der Waals surface area contributed by atoms with Gasteiger partial charge >= 0.3 is 0 Å². The molecule has 0 fully saturated rings. The first-order chi connectivity index (χ1) is 11.0. The summed E-state index contributed by atoms with van der Waals surface area (Å²) in [5.41, 5.74) is 2.32. The van der Waals surface area contributed by atoms with E-state index in [4.69, 9.17) is 13.9 Å². The van der Waals surface area contributed by atoms with E-state index in [2.05, 4.69) is 4.98 Å². The molecule has 0 aliphatic rings. The Hall–Kier alpha value is -3.09. The Labute approximate surface area is 131 Å². The SMILES string of the molecule is COc1ccc(-c2nc3cc([N+](=O)[O-])cc(C)c3o2)cc1OC. The number of ether oxygens (including phenoxy) is 2. The molecule has 3 aromatic rings. The topological polar surface area (TPSA) is 87.6 Å². The van der Waals surface area contributed by atoms with Gasteiger partial charge in [-0.05, 0) is 25.1 Å². The van der Waals surface area contributed by atoms with Crippen molar-refractivity contribution in [3.63, 3.8) is 0 Å². The minimum absolute atomic E-state index is 0.0119. The minimum Gasteiger partial charge on any atom is -0.493 e. The van der Waals surface area contributed by atoms with Gasteiger partial charge in [0.2, 0.25) is 5.89 Å². The summed E-state index contributed by atoms with van der Waals surface area (Å²) in [5, 5.41) is 10.9. The molecule has 7 nitrogen and oxygen atoms in total. The third-order valence-electron chi connectivity index (χ3n) is 3.50. The molecule has 1 aromatic heterocycles. The van der Waals surface area contributed by atoms with Crippen LogP contribution in [0.3, 0.4) is 0 Å². The van der Waals surface area contributed by atoms with E-state index in [0.29, 0.717) is 39.6 Å². The van der Waals surface area contributed by atoms with E-state index in [9.17, 15) is 10.1 Å². The summed E-state index contributed by atoms with van der Waals surface area (Å²) in [6.07, 6.45) is 0. The van der Waals surface area contributed by atoms with Crippen molar-refractivity contribution in [3.8, 4) is 23.0 Å². The van der Waals surface area contributed by atoms with Crippen molar-refractivity contribution in [3.05, 3.63) is 46.0 Å². The maximum Gasteiger partial charge on any atom is 0.272 e. The number of non-ortho nitro benzene ring substituents is 1. The van der Waals surface area contributed by atoms with Crippen LogP contribution < -0.4 is 9.47 Å². The lowest BCUT2D eigenvalue weighted by atomic mass is 10.2. The summed E-state index contributed by atoms with van der Waals surface area (Å²) >= 11 is 0. The maximum absolute atomic E-state index is 10.9. The van der Waals surface area contributed by atoms with Crippen LogP contribution in [-0.2, 0) is 0 Å². The Morgan fingerprint density at radius 3 is 2.52 bits per heavy atom. The Kier molecular flexibility index (Phi) is 3.61. The molecule has 0 radical (unpaired) electrons. The molecule has 0 spiro atoms. The van der Waals surface area contributed by atoms with Crippen molar-refractivity contribution in [2.24, 2.45) is 0 Å². The highest BCUT2D eigenvalue weighted by Crippen LogP contribution is 2.34. The van der Waals surface area contributed by atoms with Gasteiger partial charge in [0.1, 0.15) is 5.52 Å². The summed E-state index contributed by atoms with van der Waals surface area (Å²) in [4.78, 5) is 14.8. The molecule has 0 aliphatic carbocycles. The first-order valence-corrected chi connectivity index (χ1v) is 6.81. The zero-order valence-electron chi connectivity index (χ0n) is 12.8. The number of hydrogen-bond acceptors (Lipinski definition) is 6. The highest BCUT2D eigenvalue weighted by Gasteiger charge is 2.17. The molecule has 0 amide bonds. The number of benzene rings is 2. The zero-order valence-corrected chi connectivity index (χ0v) is 12.8. The average molecular weight is 314 g/mol.